The van der Waals surface area contributed by atoms with E-state index in [2.05, 4.69) is 10.3 Å². The molecule has 2 heterocycles. The average Bonchev–Trinajstić information content (AvgIpc) is 3.32. The zero-order valence-electron chi connectivity index (χ0n) is 15.0. The van der Waals surface area contributed by atoms with Crippen LogP contribution in [0.4, 0.5) is 8.78 Å². The van der Waals surface area contributed by atoms with Gasteiger partial charge in [0.25, 0.3) is 5.91 Å². The van der Waals surface area contributed by atoms with Gasteiger partial charge in [0.05, 0.1) is 15.6 Å². The smallest absolute Gasteiger partial charge is 0.257 e. The zero-order chi connectivity index (χ0) is 20.6. The van der Waals surface area contributed by atoms with Crippen LogP contribution in [-0.2, 0) is 5.41 Å². The maximum absolute atomic E-state index is 13.8. The van der Waals surface area contributed by atoms with Crippen molar-refractivity contribution in [3.63, 3.8) is 0 Å². The van der Waals surface area contributed by atoms with Crippen molar-refractivity contribution >= 4 is 35.1 Å². The summed E-state index contributed by atoms with van der Waals surface area (Å²) in [6, 6.07) is 6.87. The summed E-state index contributed by atoms with van der Waals surface area (Å²) < 4.78 is 27.6. The first-order chi connectivity index (χ1) is 13.9. The lowest BCUT2D eigenvalue weighted by Crippen LogP contribution is -2.34. The van der Waals surface area contributed by atoms with Crippen LogP contribution in [0.5, 0.6) is 0 Å². The van der Waals surface area contributed by atoms with Crippen molar-refractivity contribution in [3.8, 4) is 11.1 Å². The van der Waals surface area contributed by atoms with Crippen molar-refractivity contribution in [2.45, 2.75) is 18.3 Å². The Morgan fingerprint density at radius 1 is 1.28 bits per heavy atom. The third-order valence-corrected chi connectivity index (χ3v) is 6.22. The van der Waals surface area contributed by atoms with Crippen LogP contribution in [-0.4, -0.2) is 23.7 Å². The highest BCUT2D eigenvalue weighted by molar-refractivity contribution is 7.12. The molecule has 1 N–H and O–H groups in total. The molecule has 0 spiro atoms. The molecule has 4 nitrogen and oxygen atoms in total. The molecule has 3 aromatic rings. The lowest BCUT2D eigenvalue weighted by atomic mass is 9.99. The van der Waals surface area contributed by atoms with Crippen molar-refractivity contribution in [2.24, 2.45) is 0 Å². The van der Waals surface area contributed by atoms with E-state index >= 15 is 0 Å². The minimum Gasteiger partial charge on any atom is -0.351 e. The molecule has 1 aliphatic rings. The molecule has 0 atom stereocenters. The summed E-state index contributed by atoms with van der Waals surface area (Å²) in [7, 11) is 0. The monoisotopic (exact) mass is 432 g/mol. The number of rotatable bonds is 6. The molecule has 0 unspecified atom stereocenters. The maximum atomic E-state index is 13.8. The molecule has 1 aromatic carbocycles. The first-order valence-electron chi connectivity index (χ1n) is 8.86. The highest BCUT2D eigenvalue weighted by Gasteiger charge is 2.47. The van der Waals surface area contributed by atoms with E-state index in [9.17, 15) is 18.4 Å². The molecular formula is C21H15ClF2N2O2S. The molecule has 1 aliphatic carbocycles. The number of amides is 1. The predicted octanol–water partition coefficient (Wildman–Crippen LogP) is 5.02. The van der Waals surface area contributed by atoms with Crippen LogP contribution in [0.3, 0.4) is 0 Å². The number of halogens is 3. The molecule has 1 fully saturated rings. The number of aldehydes is 1. The third-order valence-electron chi connectivity index (χ3n) is 5.09. The Morgan fingerprint density at radius 2 is 2.00 bits per heavy atom. The van der Waals surface area contributed by atoms with E-state index in [-0.39, 0.29) is 6.54 Å². The van der Waals surface area contributed by atoms with Crippen LogP contribution in [0.2, 0.25) is 5.02 Å². The van der Waals surface area contributed by atoms with Crippen LogP contribution >= 0.6 is 22.9 Å². The first-order valence-corrected chi connectivity index (χ1v) is 10.1. The summed E-state index contributed by atoms with van der Waals surface area (Å²) in [6.45, 7) is 0.170. The van der Waals surface area contributed by atoms with Gasteiger partial charge in [-0.3, -0.25) is 14.6 Å². The number of aromatic nitrogens is 1. The Balaban J connectivity index is 1.54. The third kappa shape index (κ3) is 3.68. The molecule has 8 heteroatoms. The standard InChI is InChI=1S/C21H15ClF2N2O2S/c22-14-8-12(13-4-7-29-17(13)10-27)9-25-19(14)21(5-6-21)11-26-20(28)18-15(23)2-1-3-16(18)24/h1-4,7-10H,5-6,11H2,(H,26,28). The van der Waals surface area contributed by atoms with Crippen molar-refractivity contribution < 1.29 is 18.4 Å². The number of nitrogens with one attached hydrogen (secondary N) is 1. The molecule has 29 heavy (non-hydrogen) atoms. The Bertz CT molecular complexity index is 1090. The largest absolute Gasteiger partial charge is 0.351 e. The van der Waals surface area contributed by atoms with Gasteiger partial charge in [-0.15, -0.1) is 11.3 Å². The number of thiophene rings is 1. The predicted molar refractivity (Wildman–Crippen MR) is 108 cm³/mol. The minimum atomic E-state index is -0.908. The number of carbonyl (C=O) groups is 2. The Kier molecular flexibility index (Phi) is 5.19. The van der Waals surface area contributed by atoms with Gasteiger partial charge in [0, 0.05) is 29.3 Å². The molecule has 0 saturated heterocycles. The van der Waals surface area contributed by atoms with Gasteiger partial charge in [-0.1, -0.05) is 17.7 Å². The summed E-state index contributed by atoms with van der Waals surface area (Å²) in [5.74, 6) is -2.63. The van der Waals surface area contributed by atoms with E-state index < -0.39 is 28.5 Å². The van der Waals surface area contributed by atoms with Gasteiger partial charge in [-0.25, -0.2) is 8.78 Å². The summed E-state index contributed by atoms with van der Waals surface area (Å²) in [6.07, 6.45) is 3.94. The highest BCUT2D eigenvalue weighted by atomic mass is 35.5. The molecule has 1 saturated carbocycles. The van der Waals surface area contributed by atoms with E-state index in [1.54, 1.807) is 12.3 Å². The van der Waals surface area contributed by atoms with Gasteiger partial charge < -0.3 is 5.32 Å². The lowest BCUT2D eigenvalue weighted by Gasteiger charge is -2.18. The lowest BCUT2D eigenvalue weighted by molar-refractivity contribution is 0.0940. The first kappa shape index (κ1) is 19.7. The van der Waals surface area contributed by atoms with Gasteiger partial charge in [-0.2, -0.15) is 0 Å². The topological polar surface area (TPSA) is 59.1 Å². The quantitative estimate of drug-likeness (QED) is 0.556. The van der Waals surface area contributed by atoms with Crippen molar-refractivity contribution in [3.05, 3.63) is 74.7 Å². The number of pyridine rings is 1. The van der Waals surface area contributed by atoms with Gasteiger partial charge in [-0.05, 0) is 42.5 Å². The van der Waals surface area contributed by atoms with Crippen molar-refractivity contribution in [1.82, 2.24) is 10.3 Å². The fourth-order valence-electron chi connectivity index (χ4n) is 3.33. The van der Waals surface area contributed by atoms with Crippen molar-refractivity contribution in [2.75, 3.05) is 6.54 Å². The normalized spacial score (nSPS) is 14.4. The van der Waals surface area contributed by atoms with E-state index in [4.69, 9.17) is 11.6 Å². The molecule has 148 valence electrons. The Labute approximate surface area is 174 Å². The number of benzene rings is 1. The van der Waals surface area contributed by atoms with Crippen LogP contribution in [0.15, 0.2) is 41.9 Å². The minimum absolute atomic E-state index is 0.170. The summed E-state index contributed by atoms with van der Waals surface area (Å²) >= 11 is 7.81. The highest BCUT2D eigenvalue weighted by Crippen LogP contribution is 2.49. The zero-order valence-corrected chi connectivity index (χ0v) is 16.6. The van der Waals surface area contributed by atoms with Gasteiger partial charge >= 0.3 is 0 Å². The van der Waals surface area contributed by atoms with Crippen LogP contribution in [0.25, 0.3) is 11.1 Å². The summed E-state index contributed by atoms with van der Waals surface area (Å²) in [5, 5.41) is 4.85. The van der Waals surface area contributed by atoms with Crippen LogP contribution in [0.1, 0.15) is 38.6 Å². The molecule has 0 aliphatic heterocycles. The fourth-order valence-corrected chi connectivity index (χ4v) is 4.41. The second-order valence-corrected chi connectivity index (χ2v) is 8.29. The van der Waals surface area contributed by atoms with Crippen LogP contribution in [0, 0.1) is 11.6 Å². The van der Waals surface area contributed by atoms with E-state index in [0.717, 1.165) is 42.4 Å². The molecule has 4 rings (SSSR count). The van der Waals surface area contributed by atoms with Gasteiger partial charge in [0.1, 0.15) is 17.2 Å². The number of nitrogens with zero attached hydrogens (tertiary/aromatic N) is 1. The molecule has 0 bridgehead atoms. The maximum Gasteiger partial charge on any atom is 0.257 e. The molecule has 2 aromatic heterocycles. The van der Waals surface area contributed by atoms with E-state index in [1.807, 2.05) is 11.4 Å². The average molecular weight is 433 g/mol. The van der Waals surface area contributed by atoms with Crippen LogP contribution < -0.4 is 5.32 Å². The second kappa shape index (κ2) is 7.65. The van der Waals surface area contributed by atoms with Gasteiger partial charge in [0.15, 0.2) is 6.29 Å². The number of hydrogen-bond acceptors (Lipinski definition) is 4. The van der Waals surface area contributed by atoms with E-state index in [1.165, 1.54) is 17.4 Å². The number of hydrogen-bond donors (Lipinski definition) is 1. The second-order valence-electron chi connectivity index (χ2n) is 6.93. The molecule has 0 radical (unpaired) electrons. The molecule has 1 amide bonds. The summed E-state index contributed by atoms with van der Waals surface area (Å²) in [5.41, 5.74) is 1.06. The number of carbonyl (C=O) groups excluding carboxylic acids is 2. The van der Waals surface area contributed by atoms with Crippen molar-refractivity contribution in [1.29, 1.82) is 0 Å². The Morgan fingerprint density at radius 3 is 2.62 bits per heavy atom. The fraction of sp³-hybridized carbons (Fsp3) is 0.190. The van der Waals surface area contributed by atoms with Gasteiger partial charge in [0.2, 0.25) is 0 Å². The summed E-state index contributed by atoms with van der Waals surface area (Å²) in [4.78, 5) is 28.5. The SMILES string of the molecule is O=Cc1sccc1-c1cnc(C2(CNC(=O)c3c(F)cccc3F)CC2)c(Cl)c1. The Hall–Kier alpha value is -2.64. The van der Waals surface area contributed by atoms with E-state index in [0.29, 0.717) is 15.6 Å². The molecular weight excluding hydrogens is 418 g/mol.